The van der Waals surface area contributed by atoms with Crippen LogP contribution in [0.1, 0.15) is 112 Å². The van der Waals surface area contributed by atoms with Gasteiger partial charge in [0, 0.05) is 12.8 Å². The lowest BCUT2D eigenvalue weighted by Gasteiger charge is -2.13. The highest BCUT2D eigenvalue weighted by atomic mass is 16.5. The largest absolute Gasteiger partial charge is 0.463 e. The van der Waals surface area contributed by atoms with Crippen molar-refractivity contribution < 1.29 is 19.1 Å². The third-order valence-corrected chi connectivity index (χ3v) is 4.83. The van der Waals surface area contributed by atoms with Gasteiger partial charge < -0.3 is 9.47 Å². The van der Waals surface area contributed by atoms with Gasteiger partial charge in [-0.2, -0.15) is 0 Å². The summed E-state index contributed by atoms with van der Waals surface area (Å²) in [5.74, 6) is -0.474. The van der Waals surface area contributed by atoms with Gasteiger partial charge in [0.1, 0.15) is 6.61 Å². The maximum absolute atomic E-state index is 11.9. The van der Waals surface area contributed by atoms with Crippen LogP contribution < -0.4 is 0 Å². The topological polar surface area (TPSA) is 52.6 Å². The molecule has 0 radical (unpaired) electrons. The quantitative estimate of drug-likeness (QED) is 0.147. The van der Waals surface area contributed by atoms with Crippen molar-refractivity contribution in [3.8, 4) is 0 Å². The number of carbonyl (C=O) groups excluding carboxylic acids is 2. The van der Waals surface area contributed by atoms with E-state index in [4.69, 9.17) is 9.47 Å². The summed E-state index contributed by atoms with van der Waals surface area (Å²) in [6.07, 6.45) is 15.5. The molecule has 0 aromatic carbocycles. The molecule has 0 aliphatic carbocycles. The van der Waals surface area contributed by atoms with Crippen LogP contribution in [0.5, 0.6) is 0 Å². The van der Waals surface area contributed by atoms with Crippen LogP contribution in [0.4, 0.5) is 0 Å². The number of rotatable bonds is 17. The Hall–Kier alpha value is -1.58. The van der Waals surface area contributed by atoms with Crippen LogP contribution in [-0.4, -0.2) is 24.6 Å². The van der Waals surface area contributed by atoms with Crippen LogP contribution in [0.2, 0.25) is 0 Å². The van der Waals surface area contributed by atoms with Gasteiger partial charge in [0.15, 0.2) is 0 Å². The van der Waals surface area contributed by atoms with Gasteiger partial charge in [-0.25, -0.2) is 0 Å². The highest BCUT2D eigenvalue weighted by Gasteiger charge is 2.11. The minimum absolute atomic E-state index is 0.0416. The minimum Gasteiger partial charge on any atom is -0.463 e. The lowest BCUT2D eigenvalue weighted by molar-refractivity contribution is -0.149. The lowest BCUT2D eigenvalue weighted by atomic mass is 10.1. The summed E-state index contributed by atoms with van der Waals surface area (Å²) < 4.78 is 10.6. The molecule has 0 rings (SSSR count). The molecule has 0 saturated heterocycles. The fourth-order valence-electron chi connectivity index (χ4n) is 2.97. The molecule has 0 amide bonds. The number of unbranched alkanes of at least 4 members (excludes halogenated alkanes) is 5. The monoisotopic (exact) mass is 408 g/mol. The Labute approximate surface area is 179 Å². The first kappa shape index (κ1) is 27.4. The van der Waals surface area contributed by atoms with E-state index in [1.807, 2.05) is 13.0 Å². The number of carbonyl (C=O) groups is 2. The molecule has 0 aromatic heterocycles. The summed E-state index contributed by atoms with van der Waals surface area (Å²) in [6, 6.07) is 0. The van der Waals surface area contributed by atoms with E-state index >= 15 is 0 Å². The Bertz CT molecular complexity index is 501. The van der Waals surface area contributed by atoms with E-state index in [0.717, 1.165) is 25.7 Å². The number of hydrogen-bond donors (Lipinski definition) is 0. The molecule has 0 saturated carbocycles. The Balaban J connectivity index is 3.74. The molecule has 0 heterocycles. The Morgan fingerprint density at radius 1 is 0.828 bits per heavy atom. The van der Waals surface area contributed by atoms with E-state index in [1.165, 1.54) is 43.3 Å². The zero-order valence-corrected chi connectivity index (χ0v) is 19.6. The number of ether oxygens (including phenoxy) is 2. The summed E-state index contributed by atoms with van der Waals surface area (Å²) >= 11 is 0. The summed E-state index contributed by atoms with van der Waals surface area (Å²) in [6.45, 7) is 10.7. The normalized spacial score (nSPS) is 12.4. The van der Waals surface area contributed by atoms with E-state index < -0.39 is 0 Å². The SMILES string of the molecule is CCCCCCCCC(C)OC(=O)CCCC(=O)OC/C=C(\C)CCC=C(C)C. The first-order chi connectivity index (χ1) is 13.8. The van der Waals surface area contributed by atoms with Crippen LogP contribution in [0.15, 0.2) is 23.3 Å². The predicted octanol–water partition coefficient (Wildman–Crippen LogP) is 7.07. The van der Waals surface area contributed by atoms with E-state index in [1.54, 1.807) is 0 Å². The van der Waals surface area contributed by atoms with E-state index in [-0.39, 0.29) is 30.9 Å². The molecule has 0 bridgehead atoms. The van der Waals surface area contributed by atoms with Crippen molar-refractivity contribution in [1.82, 2.24) is 0 Å². The maximum atomic E-state index is 11.9. The second-order valence-corrected chi connectivity index (χ2v) is 8.26. The summed E-state index contributed by atoms with van der Waals surface area (Å²) in [7, 11) is 0. The maximum Gasteiger partial charge on any atom is 0.306 e. The van der Waals surface area contributed by atoms with Gasteiger partial charge in [0.2, 0.25) is 0 Å². The van der Waals surface area contributed by atoms with Gasteiger partial charge in [0.25, 0.3) is 0 Å². The molecule has 0 spiro atoms. The van der Waals surface area contributed by atoms with Gasteiger partial charge in [-0.05, 0) is 65.9 Å². The third kappa shape index (κ3) is 19.5. The summed E-state index contributed by atoms with van der Waals surface area (Å²) in [5.41, 5.74) is 2.54. The second-order valence-electron chi connectivity index (χ2n) is 8.26. The van der Waals surface area contributed by atoms with Crippen molar-refractivity contribution in [1.29, 1.82) is 0 Å². The first-order valence-electron chi connectivity index (χ1n) is 11.5. The van der Waals surface area contributed by atoms with Crippen molar-refractivity contribution in [2.45, 2.75) is 118 Å². The fraction of sp³-hybridized carbons (Fsp3) is 0.760. The van der Waals surface area contributed by atoms with Crippen molar-refractivity contribution in [3.63, 3.8) is 0 Å². The third-order valence-electron chi connectivity index (χ3n) is 4.83. The molecule has 4 nitrogen and oxygen atoms in total. The zero-order valence-electron chi connectivity index (χ0n) is 19.6. The van der Waals surface area contributed by atoms with E-state index in [2.05, 4.69) is 33.8 Å². The Kier molecular flexibility index (Phi) is 17.4. The van der Waals surface area contributed by atoms with Crippen LogP contribution in [0, 0.1) is 0 Å². The molecule has 4 heteroatoms. The van der Waals surface area contributed by atoms with Crippen molar-refractivity contribution in [2.24, 2.45) is 0 Å². The highest BCUT2D eigenvalue weighted by Crippen LogP contribution is 2.11. The number of hydrogen-bond acceptors (Lipinski definition) is 4. The van der Waals surface area contributed by atoms with Crippen molar-refractivity contribution in [3.05, 3.63) is 23.3 Å². The van der Waals surface area contributed by atoms with Gasteiger partial charge in [-0.15, -0.1) is 0 Å². The molecule has 0 fully saturated rings. The van der Waals surface area contributed by atoms with Gasteiger partial charge >= 0.3 is 11.9 Å². The summed E-state index contributed by atoms with van der Waals surface area (Å²) in [4.78, 5) is 23.6. The molecule has 1 unspecified atom stereocenters. The van der Waals surface area contributed by atoms with Crippen molar-refractivity contribution in [2.75, 3.05) is 6.61 Å². The molecular weight excluding hydrogens is 364 g/mol. The fourth-order valence-corrected chi connectivity index (χ4v) is 2.97. The summed E-state index contributed by atoms with van der Waals surface area (Å²) in [5, 5.41) is 0. The van der Waals surface area contributed by atoms with E-state index in [0.29, 0.717) is 13.0 Å². The smallest absolute Gasteiger partial charge is 0.306 e. The highest BCUT2D eigenvalue weighted by molar-refractivity contribution is 5.72. The minimum atomic E-state index is -0.258. The van der Waals surface area contributed by atoms with Gasteiger partial charge in [0.05, 0.1) is 6.10 Å². The van der Waals surface area contributed by atoms with Crippen LogP contribution in [-0.2, 0) is 19.1 Å². The average molecular weight is 409 g/mol. The number of esters is 2. The molecule has 0 N–H and O–H groups in total. The van der Waals surface area contributed by atoms with Crippen LogP contribution in [0.25, 0.3) is 0 Å². The first-order valence-corrected chi connectivity index (χ1v) is 11.5. The predicted molar refractivity (Wildman–Crippen MR) is 121 cm³/mol. The van der Waals surface area contributed by atoms with Gasteiger partial charge in [-0.1, -0.05) is 56.3 Å². The standard InChI is InChI=1S/C25H44O4/c1-6-7-8-9-10-11-16-23(5)29-25(27)18-13-17-24(26)28-20-19-22(4)15-12-14-21(2)3/h14,19,23H,6-13,15-18,20H2,1-5H3/b22-19+. The van der Waals surface area contributed by atoms with Crippen LogP contribution in [0.3, 0.4) is 0 Å². The van der Waals surface area contributed by atoms with Crippen LogP contribution >= 0.6 is 0 Å². The molecule has 29 heavy (non-hydrogen) atoms. The molecule has 168 valence electrons. The molecule has 0 aromatic rings. The molecular formula is C25H44O4. The zero-order chi connectivity index (χ0) is 21.9. The lowest BCUT2D eigenvalue weighted by Crippen LogP contribution is -2.15. The molecule has 1 atom stereocenters. The Morgan fingerprint density at radius 3 is 2.17 bits per heavy atom. The number of allylic oxidation sites excluding steroid dienone is 3. The van der Waals surface area contributed by atoms with E-state index in [9.17, 15) is 9.59 Å². The van der Waals surface area contributed by atoms with Gasteiger partial charge in [-0.3, -0.25) is 9.59 Å². The van der Waals surface area contributed by atoms with Crippen molar-refractivity contribution >= 4 is 11.9 Å². The average Bonchev–Trinajstić information content (AvgIpc) is 2.64. The molecule has 0 aliphatic rings. The second kappa shape index (κ2) is 18.4. The molecule has 0 aliphatic heterocycles. The Morgan fingerprint density at radius 2 is 1.48 bits per heavy atom.